The quantitative estimate of drug-likeness (QED) is 0.216. The average Bonchev–Trinajstić information content (AvgIpc) is 2.91. The first kappa shape index (κ1) is 26.7. The van der Waals surface area contributed by atoms with E-state index in [1.54, 1.807) is 0 Å². The predicted octanol–water partition coefficient (Wildman–Crippen LogP) is 7.88. The van der Waals surface area contributed by atoms with Crippen LogP contribution in [0.2, 0.25) is 10.0 Å². The molecule has 3 aromatic carbocycles. The Kier molecular flexibility index (Phi) is 8.58. The monoisotopic (exact) mass is 536 g/mol. The molecular weight excluding hydrogens is 499 g/mol. The molecule has 2 aliphatic rings. The topological polar surface area (TPSA) is 26.3 Å². The number of hydrogen-bond acceptors (Lipinski definition) is 2. The maximum absolute atomic E-state index is 14.2. The third-order valence-corrected chi connectivity index (χ3v) is 9.38. The fraction of sp³-hybridized carbons (Fsp3) is 0.438. The van der Waals surface area contributed by atoms with Crippen molar-refractivity contribution in [3.8, 4) is 0 Å². The van der Waals surface area contributed by atoms with Crippen LogP contribution >= 0.6 is 23.2 Å². The van der Waals surface area contributed by atoms with E-state index in [-0.39, 0.29) is 10.1 Å². The number of nitrogens with zero attached hydrogens (tertiary/aromatic N) is 2. The van der Waals surface area contributed by atoms with Crippen molar-refractivity contribution in [2.75, 3.05) is 32.7 Å². The zero-order valence-corrected chi connectivity index (χ0v) is 23.1. The lowest BCUT2D eigenvalue weighted by Gasteiger charge is -2.53. The third kappa shape index (κ3) is 6.77. The van der Waals surface area contributed by atoms with E-state index in [2.05, 4.69) is 53.4 Å². The van der Waals surface area contributed by atoms with E-state index in [1.165, 1.54) is 30.4 Å². The zero-order valence-electron chi connectivity index (χ0n) is 21.6. The van der Waals surface area contributed by atoms with Gasteiger partial charge in [0.2, 0.25) is 0 Å². The van der Waals surface area contributed by atoms with E-state index in [1.807, 2.05) is 30.3 Å². The first-order valence-corrected chi connectivity index (χ1v) is 14.5. The molecule has 5 rings (SSSR count). The Balaban J connectivity index is 1.29. The van der Waals surface area contributed by atoms with Gasteiger partial charge in [-0.2, -0.15) is 0 Å². The fourth-order valence-corrected chi connectivity index (χ4v) is 6.91. The second-order valence-corrected chi connectivity index (χ2v) is 12.1. The number of quaternary nitrogens is 1. The van der Waals surface area contributed by atoms with Gasteiger partial charge in [0.1, 0.15) is 6.54 Å². The number of benzene rings is 3. The average molecular weight is 538 g/mol. The van der Waals surface area contributed by atoms with Gasteiger partial charge in [-0.15, -0.1) is 0 Å². The fourth-order valence-electron chi connectivity index (χ4n) is 6.61. The zero-order chi connectivity index (χ0) is 25.7. The molecule has 3 aromatic rings. The summed E-state index contributed by atoms with van der Waals surface area (Å²) < 4.78 is -0.177. The second kappa shape index (κ2) is 11.9. The maximum atomic E-state index is 14.2. The normalized spacial score (nSPS) is 25.3. The molecule has 37 heavy (non-hydrogen) atoms. The lowest BCUT2D eigenvalue weighted by molar-refractivity contribution is -0.903. The molecule has 2 fully saturated rings. The van der Waals surface area contributed by atoms with Crippen LogP contribution in [0.3, 0.4) is 0 Å². The molecule has 3 nitrogen and oxygen atoms in total. The molecule has 2 saturated heterocycles. The Morgan fingerprint density at radius 2 is 1.54 bits per heavy atom. The van der Waals surface area contributed by atoms with Crippen molar-refractivity contribution in [1.29, 1.82) is 0 Å². The van der Waals surface area contributed by atoms with E-state index in [0.717, 1.165) is 50.4 Å². The SMILES string of the molecule is [O-][N+]1(Cc2ccccc2)CCCC(CCN2CCC(Cc3ccccc3)CC2)(c2ccc(Cl)c(Cl)c2)C1. The van der Waals surface area contributed by atoms with Crippen LogP contribution in [0.15, 0.2) is 78.9 Å². The van der Waals surface area contributed by atoms with Gasteiger partial charge in [-0.3, -0.25) is 0 Å². The summed E-state index contributed by atoms with van der Waals surface area (Å²) >= 11 is 12.8. The highest BCUT2D eigenvalue weighted by Crippen LogP contribution is 2.42. The van der Waals surface area contributed by atoms with Crippen LogP contribution in [0.1, 0.15) is 48.8 Å². The van der Waals surface area contributed by atoms with Gasteiger partial charge in [0.15, 0.2) is 0 Å². The van der Waals surface area contributed by atoms with Crippen LogP contribution in [-0.2, 0) is 18.4 Å². The summed E-state index contributed by atoms with van der Waals surface area (Å²) in [5, 5.41) is 15.3. The minimum atomic E-state index is -0.191. The summed E-state index contributed by atoms with van der Waals surface area (Å²) in [6, 6.07) is 27.1. The lowest BCUT2D eigenvalue weighted by atomic mass is 9.71. The van der Waals surface area contributed by atoms with Gasteiger partial charge in [-0.25, -0.2) is 0 Å². The molecule has 0 bridgehead atoms. The summed E-state index contributed by atoms with van der Waals surface area (Å²) in [6.45, 7) is 5.07. The van der Waals surface area contributed by atoms with E-state index in [9.17, 15) is 5.21 Å². The van der Waals surface area contributed by atoms with Crippen LogP contribution in [0, 0.1) is 11.1 Å². The molecule has 0 aromatic heterocycles. The van der Waals surface area contributed by atoms with Crippen molar-refractivity contribution < 1.29 is 4.65 Å². The molecule has 5 heteroatoms. The standard InChI is InChI=1S/C32H38Cl2N2O/c33-30-13-12-29(23-31(30)34)32(16-7-21-36(37,25-32)24-28-10-5-2-6-11-28)17-20-35-18-14-27(15-19-35)22-26-8-3-1-4-9-26/h1-6,8-13,23,27H,7,14-22,24-25H2. The van der Waals surface area contributed by atoms with Crippen molar-refractivity contribution in [2.45, 2.75) is 50.5 Å². The van der Waals surface area contributed by atoms with Gasteiger partial charge in [0, 0.05) is 11.0 Å². The van der Waals surface area contributed by atoms with Crippen LogP contribution in [0.25, 0.3) is 0 Å². The van der Waals surface area contributed by atoms with E-state index < -0.39 is 0 Å². The Labute approximate surface area is 232 Å². The number of halogens is 2. The van der Waals surface area contributed by atoms with Gasteiger partial charge in [-0.1, -0.05) is 89.9 Å². The molecule has 2 aliphatic heterocycles. The molecule has 0 amide bonds. The van der Waals surface area contributed by atoms with Crippen LogP contribution in [0.5, 0.6) is 0 Å². The molecule has 0 spiro atoms. The van der Waals surface area contributed by atoms with Crippen molar-refractivity contribution in [3.63, 3.8) is 0 Å². The lowest BCUT2D eigenvalue weighted by Crippen LogP contribution is -2.56. The Hall–Kier alpha value is -1.88. The van der Waals surface area contributed by atoms with Gasteiger partial charge >= 0.3 is 0 Å². The summed E-state index contributed by atoms with van der Waals surface area (Å²) in [7, 11) is 0. The first-order chi connectivity index (χ1) is 17.9. The van der Waals surface area contributed by atoms with Crippen LogP contribution < -0.4 is 0 Å². The number of piperidine rings is 2. The van der Waals surface area contributed by atoms with Crippen LogP contribution in [0.4, 0.5) is 0 Å². The Morgan fingerprint density at radius 3 is 2.22 bits per heavy atom. The molecule has 0 aliphatic carbocycles. The van der Waals surface area contributed by atoms with Crippen LogP contribution in [-0.4, -0.2) is 42.3 Å². The third-order valence-electron chi connectivity index (χ3n) is 8.64. The number of rotatable bonds is 8. The van der Waals surface area contributed by atoms with E-state index >= 15 is 0 Å². The summed E-state index contributed by atoms with van der Waals surface area (Å²) in [6.07, 6.45) is 6.58. The molecule has 0 radical (unpaired) electrons. The van der Waals surface area contributed by atoms with E-state index in [4.69, 9.17) is 23.2 Å². The smallest absolute Gasteiger partial charge is 0.104 e. The van der Waals surface area contributed by atoms with E-state index in [0.29, 0.717) is 29.7 Å². The molecule has 0 saturated carbocycles. The minimum Gasteiger partial charge on any atom is -0.633 e. The highest BCUT2D eigenvalue weighted by molar-refractivity contribution is 6.42. The summed E-state index contributed by atoms with van der Waals surface area (Å²) in [4.78, 5) is 2.62. The van der Waals surface area contributed by atoms with Crippen molar-refractivity contribution in [3.05, 3.63) is 111 Å². The molecular formula is C32H38Cl2N2O. The summed E-state index contributed by atoms with van der Waals surface area (Å²) in [5.41, 5.74) is 3.55. The van der Waals surface area contributed by atoms with Crippen molar-refractivity contribution >= 4 is 23.2 Å². The van der Waals surface area contributed by atoms with Gasteiger partial charge in [0.05, 0.1) is 23.1 Å². The minimum absolute atomic E-state index is 0.177. The number of hydrogen-bond donors (Lipinski definition) is 0. The van der Waals surface area contributed by atoms with Gasteiger partial charge < -0.3 is 14.8 Å². The molecule has 196 valence electrons. The number of likely N-dealkylation sites (tertiary alicyclic amines) is 2. The van der Waals surface area contributed by atoms with Crippen molar-refractivity contribution in [1.82, 2.24) is 4.90 Å². The second-order valence-electron chi connectivity index (χ2n) is 11.3. The first-order valence-electron chi connectivity index (χ1n) is 13.8. The number of hydroxylamine groups is 3. The largest absolute Gasteiger partial charge is 0.633 e. The summed E-state index contributed by atoms with van der Waals surface area (Å²) in [5.74, 6) is 0.759. The predicted molar refractivity (Wildman–Crippen MR) is 155 cm³/mol. The molecule has 2 heterocycles. The molecule has 2 unspecified atom stereocenters. The highest BCUT2D eigenvalue weighted by Gasteiger charge is 2.43. The molecule has 2 atom stereocenters. The van der Waals surface area contributed by atoms with Gasteiger partial charge in [0.25, 0.3) is 0 Å². The van der Waals surface area contributed by atoms with Gasteiger partial charge in [-0.05, 0) is 87.3 Å². The maximum Gasteiger partial charge on any atom is 0.104 e. The highest BCUT2D eigenvalue weighted by atomic mass is 35.5. The Bertz CT molecular complexity index is 1150. The molecule has 0 N–H and O–H groups in total. The van der Waals surface area contributed by atoms with Crippen molar-refractivity contribution in [2.24, 2.45) is 5.92 Å². The Morgan fingerprint density at radius 1 is 0.865 bits per heavy atom.